The lowest BCUT2D eigenvalue weighted by atomic mass is 10.1. The minimum atomic E-state index is -0.296. The third-order valence-electron chi connectivity index (χ3n) is 2.19. The molecule has 0 amide bonds. The number of Topliss-reactive ketones (excluding diaryl/α,β-unsaturated/α-hetero) is 1. The molecule has 0 radical (unpaired) electrons. The summed E-state index contributed by atoms with van der Waals surface area (Å²) in [6.07, 6.45) is 0.447. The Labute approximate surface area is 97.1 Å². The van der Waals surface area contributed by atoms with Crippen LogP contribution >= 0.6 is 0 Å². The fourth-order valence-corrected chi connectivity index (χ4v) is 1.56. The molecule has 1 rings (SSSR count). The Balaban J connectivity index is 2.70. The summed E-state index contributed by atoms with van der Waals surface area (Å²) in [7, 11) is 0. The Hall–Kier alpha value is -1.47. The van der Waals surface area contributed by atoms with Crippen molar-refractivity contribution in [1.29, 1.82) is 0 Å². The van der Waals surface area contributed by atoms with Crippen LogP contribution in [0.3, 0.4) is 0 Å². The van der Waals surface area contributed by atoms with Crippen LogP contribution in [-0.4, -0.2) is 29.4 Å². The van der Waals surface area contributed by atoms with Crippen molar-refractivity contribution in [2.75, 3.05) is 13.1 Å². The highest BCUT2D eigenvalue weighted by Crippen LogP contribution is 2.20. The summed E-state index contributed by atoms with van der Waals surface area (Å²) < 4.78 is 5.64. The van der Waals surface area contributed by atoms with E-state index in [1.54, 1.807) is 0 Å². The second-order valence-electron chi connectivity index (χ2n) is 4.96. The number of nitrogens with zero attached hydrogens (tertiary/aromatic N) is 1. The van der Waals surface area contributed by atoms with Crippen molar-refractivity contribution in [1.82, 2.24) is 4.90 Å². The van der Waals surface area contributed by atoms with Gasteiger partial charge in [0.15, 0.2) is 11.7 Å². The Morgan fingerprint density at radius 2 is 2.06 bits per heavy atom. The zero-order valence-corrected chi connectivity index (χ0v) is 10.3. The standard InChI is InChI=1S/C13H19NO2/c1-6-11-7-12(15)9-14(8-11)10(2)16-13(3,4)5/h1-2,7-9H2,3-5H3. The molecular weight excluding hydrogens is 202 g/mol. The maximum Gasteiger partial charge on any atom is 0.183 e. The van der Waals surface area contributed by atoms with Gasteiger partial charge >= 0.3 is 0 Å². The Kier molecular flexibility index (Phi) is 3.61. The minimum absolute atomic E-state index is 0.149. The van der Waals surface area contributed by atoms with Crippen molar-refractivity contribution >= 4 is 5.78 Å². The summed E-state index contributed by atoms with van der Waals surface area (Å²) in [4.78, 5) is 13.3. The van der Waals surface area contributed by atoms with Crippen LogP contribution in [-0.2, 0) is 9.53 Å². The zero-order valence-electron chi connectivity index (χ0n) is 10.3. The van der Waals surface area contributed by atoms with Gasteiger partial charge in [-0.05, 0) is 32.9 Å². The number of carbonyl (C=O) groups is 1. The van der Waals surface area contributed by atoms with E-state index in [-0.39, 0.29) is 11.4 Å². The SMILES string of the molecule is C=C=C1CC(=O)CN(C(=C)OC(C)(C)C)C1. The van der Waals surface area contributed by atoms with Crippen LogP contribution in [0.25, 0.3) is 0 Å². The molecule has 1 saturated heterocycles. The minimum Gasteiger partial charge on any atom is -0.474 e. The molecule has 0 aliphatic carbocycles. The van der Waals surface area contributed by atoms with Crippen molar-refractivity contribution in [3.05, 3.63) is 30.3 Å². The van der Waals surface area contributed by atoms with E-state index < -0.39 is 0 Å². The number of carbonyl (C=O) groups excluding carboxylic acids is 1. The predicted molar refractivity (Wildman–Crippen MR) is 63.8 cm³/mol. The van der Waals surface area contributed by atoms with Gasteiger partial charge in [-0.25, -0.2) is 0 Å². The number of ketones is 1. The molecule has 0 saturated carbocycles. The summed E-state index contributed by atoms with van der Waals surface area (Å²) in [6, 6.07) is 0. The van der Waals surface area contributed by atoms with E-state index in [9.17, 15) is 4.79 Å². The molecule has 88 valence electrons. The van der Waals surface area contributed by atoms with Crippen LogP contribution in [0.15, 0.2) is 30.3 Å². The second kappa shape index (κ2) is 4.58. The molecule has 1 aliphatic rings. The van der Waals surface area contributed by atoms with E-state index in [0.717, 1.165) is 5.57 Å². The monoisotopic (exact) mass is 221 g/mol. The highest BCUT2D eigenvalue weighted by atomic mass is 16.5. The quantitative estimate of drug-likeness (QED) is 0.529. The van der Waals surface area contributed by atoms with Crippen molar-refractivity contribution in [2.24, 2.45) is 0 Å². The first kappa shape index (κ1) is 12.6. The summed E-state index contributed by atoms with van der Waals surface area (Å²) in [6.45, 7) is 14.3. The van der Waals surface area contributed by atoms with E-state index in [1.807, 2.05) is 25.7 Å². The fraction of sp³-hybridized carbons (Fsp3) is 0.538. The molecule has 0 spiro atoms. The first-order valence-corrected chi connectivity index (χ1v) is 5.34. The van der Waals surface area contributed by atoms with E-state index in [2.05, 4.69) is 18.9 Å². The number of piperidine rings is 1. The highest BCUT2D eigenvalue weighted by Gasteiger charge is 2.24. The molecule has 16 heavy (non-hydrogen) atoms. The lowest BCUT2D eigenvalue weighted by molar-refractivity contribution is -0.121. The molecule has 1 heterocycles. The number of hydrogen-bond donors (Lipinski definition) is 0. The van der Waals surface area contributed by atoms with Gasteiger partial charge in [-0.15, -0.1) is 5.73 Å². The molecule has 0 bridgehead atoms. The van der Waals surface area contributed by atoms with Crippen LogP contribution < -0.4 is 0 Å². The third kappa shape index (κ3) is 3.59. The van der Waals surface area contributed by atoms with Gasteiger partial charge in [0.05, 0.1) is 13.1 Å². The van der Waals surface area contributed by atoms with Crippen LogP contribution in [0, 0.1) is 0 Å². The Bertz CT molecular complexity index is 357. The smallest absolute Gasteiger partial charge is 0.183 e. The van der Waals surface area contributed by atoms with E-state index in [4.69, 9.17) is 4.74 Å². The maximum absolute atomic E-state index is 11.5. The van der Waals surface area contributed by atoms with Crippen LogP contribution in [0.4, 0.5) is 0 Å². The molecule has 3 nitrogen and oxygen atoms in total. The van der Waals surface area contributed by atoms with Crippen molar-refractivity contribution < 1.29 is 9.53 Å². The van der Waals surface area contributed by atoms with Crippen LogP contribution in [0.5, 0.6) is 0 Å². The molecule has 1 fully saturated rings. The summed E-state index contributed by atoms with van der Waals surface area (Å²) in [5.41, 5.74) is 3.39. The third-order valence-corrected chi connectivity index (χ3v) is 2.19. The Morgan fingerprint density at radius 3 is 2.56 bits per heavy atom. The average Bonchev–Trinajstić information content (AvgIpc) is 2.14. The van der Waals surface area contributed by atoms with Crippen molar-refractivity contribution in [2.45, 2.75) is 32.8 Å². The van der Waals surface area contributed by atoms with Gasteiger partial charge in [-0.1, -0.05) is 6.58 Å². The summed E-state index contributed by atoms with van der Waals surface area (Å²) in [5, 5.41) is 0. The molecule has 0 unspecified atom stereocenters. The van der Waals surface area contributed by atoms with Crippen LogP contribution in [0.1, 0.15) is 27.2 Å². The number of ether oxygens (including phenoxy) is 1. The normalized spacial score (nSPS) is 17.1. The lowest BCUT2D eigenvalue weighted by Crippen LogP contribution is -2.38. The first-order valence-electron chi connectivity index (χ1n) is 5.34. The number of hydrogen-bond acceptors (Lipinski definition) is 3. The van der Waals surface area contributed by atoms with Gasteiger partial charge in [0.1, 0.15) is 5.60 Å². The fourth-order valence-electron chi connectivity index (χ4n) is 1.56. The molecule has 0 aromatic rings. The molecule has 0 aromatic carbocycles. The van der Waals surface area contributed by atoms with E-state index >= 15 is 0 Å². The summed E-state index contributed by atoms with van der Waals surface area (Å²) in [5.74, 6) is 0.685. The predicted octanol–water partition coefficient (Wildman–Crippen LogP) is 2.26. The first-order chi connectivity index (χ1) is 7.31. The van der Waals surface area contributed by atoms with Crippen molar-refractivity contribution in [3.8, 4) is 0 Å². The highest BCUT2D eigenvalue weighted by molar-refractivity contribution is 5.84. The lowest BCUT2D eigenvalue weighted by Gasteiger charge is -2.33. The number of likely N-dealkylation sites (tertiary alicyclic amines) is 1. The molecule has 3 heteroatoms. The second-order valence-corrected chi connectivity index (χ2v) is 4.96. The van der Waals surface area contributed by atoms with Gasteiger partial charge in [0.25, 0.3) is 0 Å². The largest absolute Gasteiger partial charge is 0.474 e. The molecule has 0 atom stereocenters. The van der Waals surface area contributed by atoms with Gasteiger partial charge < -0.3 is 9.64 Å². The van der Waals surface area contributed by atoms with Gasteiger partial charge in [0, 0.05) is 6.42 Å². The van der Waals surface area contributed by atoms with Crippen LogP contribution in [0.2, 0.25) is 0 Å². The van der Waals surface area contributed by atoms with Gasteiger partial charge in [-0.2, -0.15) is 0 Å². The Morgan fingerprint density at radius 1 is 1.44 bits per heavy atom. The van der Waals surface area contributed by atoms with Crippen molar-refractivity contribution in [3.63, 3.8) is 0 Å². The van der Waals surface area contributed by atoms with E-state index in [1.165, 1.54) is 0 Å². The van der Waals surface area contributed by atoms with E-state index in [0.29, 0.717) is 25.4 Å². The zero-order chi connectivity index (χ0) is 12.3. The molecule has 1 aliphatic heterocycles. The number of rotatable bonds is 2. The molecule has 0 aromatic heterocycles. The molecular formula is C13H19NO2. The topological polar surface area (TPSA) is 29.5 Å². The average molecular weight is 221 g/mol. The maximum atomic E-state index is 11.5. The van der Waals surface area contributed by atoms with Gasteiger partial charge in [-0.3, -0.25) is 4.79 Å². The van der Waals surface area contributed by atoms with Gasteiger partial charge in [0.2, 0.25) is 0 Å². The molecule has 0 N–H and O–H groups in total. The summed E-state index contributed by atoms with van der Waals surface area (Å²) >= 11 is 0.